The normalized spacial score (nSPS) is 11.2. The van der Waals surface area contributed by atoms with Crippen molar-refractivity contribution in [3.63, 3.8) is 0 Å². The summed E-state index contributed by atoms with van der Waals surface area (Å²) in [4.78, 5) is 0. The molecule has 7 heteroatoms. The smallest absolute Gasteiger partial charge is 0.239 e. The molecule has 0 saturated heterocycles. The lowest BCUT2D eigenvalue weighted by atomic mass is 10.2. The van der Waals surface area contributed by atoms with Crippen molar-refractivity contribution in [2.45, 2.75) is 18.9 Å². The highest BCUT2D eigenvalue weighted by molar-refractivity contribution is 9.10. The van der Waals surface area contributed by atoms with E-state index in [0.717, 1.165) is 10.0 Å². The third-order valence-corrected chi connectivity index (χ3v) is 3.21. The van der Waals surface area contributed by atoms with E-state index in [9.17, 15) is 8.78 Å². The molecule has 2 aromatic rings. The fourth-order valence-electron chi connectivity index (χ4n) is 1.57. The summed E-state index contributed by atoms with van der Waals surface area (Å²) in [5.41, 5.74) is 0.780. The lowest BCUT2D eigenvalue weighted by Gasteiger charge is -2.06. The molecular weight excluding hydrogens is 327 g/mol. The van der Waals surface area contributed by atoms with Crippen LogP contribution in [-0.2, 0) is 12.4 Å². The Labute approximate surface area is 116 Å². The van der Waals surface area contributed by atoms with E-state index in [0.29, 0.717) is 0 Å². The predicted octanol–water partition coefficient (Wildman–Crippen LogP) is 3.77. The van der Waals surface area contributed by atoms with Crippen LogP contribution in [0.15, 0.2) is 28.7 Å². The summed E-state index contributed by atoms with van der Waals surface area (Å²) >= 11 is 8.87. The fourth-order valence-corrected chi connectivity index (χ4v) is 2.02. The predicted molar refractivity (Wildman–Crippen MR) is 67.8 cm³/mol. The molecular formula is C11H9BrClF2N3. The van der Waals surface area contributed by atoms with Gasteiger partial charge in [0.25, 0.3) is 6.43 Å². The number of benzene rings is 1. The Balaban J connectivity index is 2.28. The summed E-state index contributed by atoms with van der Waals surface area (Å²) in [6, 6.07) is 7.36. The lowest BCUT2D eigenvalue weighted by molar-refractivity contribution is 0.139. The van der Waals surface area contributed by atoms with Crippen LogP contribution in [0.5, 0.6) is 0 Å². The van der Waals surface area contributed by atoms with Crippen molar-refractivity contribution >= 4 is 27.5 Å². The molecule has 0 aliphatic heterocycles. The summed E-state index contributed by atoms with van der Waals surface area (Å²) in [5.74, 6) is -0.0694. The van der Waals surface area contributed by atoms with Gasteiger partial charge in [-0.15, -0.1) is 16.7 Å². The maximum Gasteiger partial charge on any atom is 0.281 e. The van der Waals surface area contributed by atoms with E-state index in [-0.39, 0.29) is 23.8 Å². The number of alkyl halides is 3. The third kappa shape index (κ3) is 2.87. The maximum atomic E-state index is 12.9. The van der Waals surface area contributed by atoms with Gasteiger partial charge in [-0.05, 0) is 17.7 Å². The van der Waals surface area contributed by atoms with E-state index < -0.39 is 6.43 Å². The van der Waals surface area contributed by atoms with Crippen LogP contribution in [0.4, 0.5) is 8.78 Å². The first-order chi connectivity index (χ1) is 8.61. The molecule has 96 valence electrons. The molecule has 0 N–H and O–H groups in total. The van der Waals surface area contributed by atoms with Crippen LogP contribution >= 0.6 is 27.5 Å². The Hall–Kier alpha value is -1.01. The minimum Gasteiger partial charge on any atom is -0.239 e. The SMILES string of the molecule is FC(F)c1c(CCl)nnn1Cc1ccc(Br)cc1. The fraction of sp³-hybridized carbons (Fsp3) is 0.273. The minimum atomic E-state index is -2.64. The van der Waals surface area contributed by atoms with Crippen molar-refractivity contribution in [2.75, 3.05) is 0 Å². The highest BCUT2D eigenvalue weighted by Crippen LogP contribution is 2.23. The topological polar surface area (TPSA) is 30.7 Å². The van der Waals surface area contributed by atoms with Gasteiger partial charge in [-0.3, -0.25) is 0 Å². The minimum absolute atomic E-state index is 0.0694. The number of aromatic nitrogens is 3. The van der Waals surface area contributed by atoms with Crippen LogP contribution in [0.25, 0.3) is 0 Å². The number of hydrogen-bond acceptors (Lipinski definition) is 2. The second kappa shape index (κ2) is 5.75. The average Bonchev–Trinajstić information content (AvgIpc) is 2.75. The third-order valence-electron chi connectivity index (χ3n) is 2.43. The molecule has 2 rings (SSSR count). The molecule has 3 nitrogen and oxygen atoms in total. The van der Waals surface area contributed by atoms with Gasteiger partial charge in [0.1, 0.15) is 11.4 Å². The lowest BCUT2D eigenvalue weighted by Crippen LogP contribution is -2.07. The molecule has 1 aromatic carbocycles. The second-order valence-corrected chi connectivity index (χ2v) is 4.82. The van der Waals surface area contributed by atoms with Crippen LogP contribution in [0.1, 0.15) is 23.4 Å². The summed E-state index contributed by atoms with van der Waals surface area (Å²) in [6.07, 6.45) is -2.64. The van der Waals surface area contributed by atoms with Gasteiger partial charge in [-0.25, -0.2) is 13.5 Å². The Morgan fingerprint density at radius 3 is 2.50 bits per heavy atom. The zero-order valence-corrected chi connectivity index (χ0v) is 11.5. The number of hydrogen-bond donors (Lipinski definition) is 0. The first-order valence-corrected chi connectivity index (χ1v) is 6.45. The Bertz CT molecular complexity index is 528. The van der Waals surface area contributed by atoms with Crippen molar-refractivity contribution in [2.24, 2.45) is 0 Å². The molecule has 0 atom stereocenters. The summed E-state index contributed by atoms with van der Waals surface area (Å²) in [7, 11) is 0. The molecule has 0 unspecified atom stereocenters. The first-order valence-electron chi connectivity index (χ1n) is 5.12. The highest BCUT2D eigenvalue weighted by Gasteiger charge is 2.21. The average molecular weight is 337 g/mol. The molecule has 0 aliphatic carbocycles. The highest BCUT2D eigenvalue weighted by atomic mass is 79.9. The van der Waals surface area contributed by atoms with Gasteiger partial charge in [0, 0.05) is 4.47 Å². The largest absolute Gasteiger partial charge is 0.281 e. The molecule has 0 aliphatic rings. The van der Waals surface area contributed by atoms with E-state index in [1.54, 1.807) is 0 Å². The zero-order chi connectivity index (χ0) is 13.1. The molecule has 18 heavy (non-hydrogen) atoms. The van der Waals surface area contributed by atoms with Crippen molar-refractivity contribution in [3.05, 3.63) is 45.7 Å². The van der Waals surface area contributed by atoms with Crippen LogP contribution in [0.2, 0.25) is 0 Å². The maximum absolute atomic E-state index is 12.9. The summed E-state index contributed by atoms with van der Waals surface area (Å²) in [5, 5.41) is 7.38. The van der Waals surface area contributed by atoms with Gasteiger partial charge < -0.3 is 0 Å². The van der Waals surface area contributed by atoms with Gasteiger partial charge in [0.05, 0.1) is 12.4 Å². The van der Waals surface area contributed by atoms with Crippen molar-refractivity contribution in [1.82, 2.24) is 15.0 Å². The van der Waals surface area contributed by atoms with E-state index in [4.69, 9.17) is 11.6 Å². The molecule has 0 saturated carbocycles. The van der Waals surface area contributed by atoms with Gasteiger partial charge in [-0.1, -0.05) is 33.3 Å². The number of nitrogens with zero attached hydrogens (tertiary/aromatic N) is 3. The number of rotatable bonds is 4. The van der Waals surface area contributed by atoms with E-state index in [1.165, 1.54) is 4.68 Å². The van der Waals surface area contributed by atoms with E-state index >= 15 is 0 Å². The van der Waals surface area contributed by atoms with E-state index in [2.05, 4.69) is 26.2 Å². The molecule has 0 radical (unpaired) electrons. The monoisotopic (exact) mass is 335 g/mol. The Morgan fingerprint density at radius 2 is 1.94 bits per heavy atom. The standard InChI is InChI=1S/C11H9BrClF2N3/c12-8-3-1-7(2-4-8)6-18-10(11(14)15)9(5-13)16-17-18/h1-4,11H,5-6H2. The van der Waals surface area contributed by atoms with E-state index in [1.807, 2.05) is 24.3 Å². The second-order valence-electron chi connectivity index (χ2n) is 3.64. The van der Waals surface area contributed by atoms with Gasteiger partial charge in [-0.2, -0.15) is 0 Å². The molecule has 0 spiro atoms. The van der Waals surface area contributed by atoms with Crippen molar-refractivity contribution in [1.29, 1.82) is 0 Å². The van der Waals surface area contributed by atoms with Gasteiger partial charge in [0.15, 0.2) is 0 Å². The first kappa shape index (κ1) is 13.4. The van der Waals surface area contributed by atoms with Crippen LogP contribution in [0.3, 0.4) is 0 Å². The Morgan fingerprint density at radius 1 is 1.28 bits per heavy atom. The molecule has 1 aromatic heterocycles. The van der Waals surface area contributed by atoms with Gasteiger partial charge >= 0.3 is 0 Å². The quantitative estimate of drug-likeness (QED) is 0.796. The molecule has 0 amide bonds. The Kier molecular flexibility index (Phi) is 4.29. The molecule has 0 fully saturated rings. The zero-order valence-electron chi connectivity index (χ0n) is 9.15. The van der Waals surface area contributed by atoms with Crippen LogP contribution in [-0.4, -0.2) is 15.0 Å². The van der Waals surface area contributed by atoms with Gasteiger partial charge in [0.2, 0.25) is 0 Å². The van der Waals surface area contributed by atoms with Crippen LogP contribution in [0, 0.1) is 0 Å². The van der Waals surface area contributed by atoms with Crippen LogP contribution < -0.4 is 0 Å². The molecule has 0 bridgehead atoms. The molecule has 1 heterocycles. The van der Waals surface area contributed by atoms with Crippen molar-refractivity contribution in [3.8, 4) is 0 Å². The number of halogens is 4. The van der Waals surface area contributed by atoms with Crippen molar-refractivity contribution < 1.29 is 8.78 Å². The summed E-state index contributed by atoms with van der Waals surface area (Å²) in [6.45, 7) is 0.247. The summed E-state index contributed by atoms with van der Waals surface area (Å²) < 4.78 is 27.9.